The molecule has 8 heteroatoms. The highest BCUT2D eigenvalue weighted by Gasteiger charge is 2.22. The van der Waals surface area contributed by atoms with Gasteiger partial charge < -0.3 is 4.90 Å². The molecule has 0 aliphatic rings. The van der Waals surface area contributed by atoms with Crippen molar-refractivity contribution >= 4 is 15.9 Å². The summed E-state index contributed by atoms with van der Waals surface area (Å²) < 4.78 is 24.8. The summed E-state index contributed by atoms with van der Waals surface area (Å²) in [5.74, 6) is 0.461. The average Bonchev–Trinajstić information content (AvgIpc) is 2.86. The number of amides is 1. The van der Waals surface area contributed by atoms with Gasteiger partial charge >= 0.3 is 0 Å². The van der Waals surface area contributed by atoms with Crippen LogP contribution in [0, 0.1) is 19.8 Å². The molecule has 2 rings (SSSR count). The molecule has 1 aromatic heterocycles. The van der Waals surface area contributed by atoms with E-state index in [4.69, 9.17) is 5.14 Å². The van der Waals surface area contributed by atoms with E-state index in [1.54, 1.807) is 24.1 Å². The van der Waals surface area contributed by atoms with Gasteiger partial charge in [-0.2, -0.15) is 5.10 Å². The third-order valence-electron chi connectivity index (χ3n) is 5.06. The number of nitrogens with zero attached hydrogens (tertiary/aromatic N) is 3. The second kappa shape index (κ2) is 8.45. The molecule has 0 saturated carbocycles. The van der Waals surface area contributed by atoms with Gasteiger partial charge in [-0.15, -0.1) is 0 Å². The minimum Gasteiger partial charge on any atom is -0.339 e. The fourth-order valence-corrected chi connectivity index (χ4v) is 3.68. The van der Waals surface area contributed by atoms with E-state index in [1.807, 2.05) is 25.5 Å². The monoisotopic (exact) mass is 406 g/mol. The number of carbonyl (C=O) groups excluding carboxylic acids is 1. The van der Waals surface area contributed by atoms with Gasteiger partial charge in [-0.1, -0.05) is 26.0 Å². The number of likely N-dealkylation sites (N-methyl/N-ethyl adjacent to an activating group) is 1. The summed E-state index contributed by atoms with van der Waals surface area (Å²) in [5.41, 5.74) is 3.71. The number of aromatic nitrogens is 2. The Hall–Kier alpha value is -2.19. The van der Waals surface area contributed by atoms with Crippen LogP contribution >= 0.6 is 0 Å². The van der Waals surface area contributed by atoms with Gasteiger partial charge in [-0.05, 0) is 44.4 Å². The van der Waals surface area contributed by atoms with Gasteiger partial charge in [-0.25, -0.2) is 13.6 Å². The molecule has 0 unspecified atom stereocenters. The Kier molecular flexibility index (Phi) is 6.67. The minimum atomic E-state index is -3.73. The van der Waals surface area contributed by atoms with Crippen molar-refractivity contribution in [2.45, 2.75) is 58.5 Å². The Morgan fingerprint density at radius 2 is 1.75 bits per heavy atom. The number of hydrogen-bond donors (Lipinski definition) is 1. The molecule has 7 nitrogen and oxygen atoms in total. The Bertz CT molecular complexity index is 947. The SMILES string of the molecule is Cc1nn(CC(C)C)c(C)c1CC(=O)N(C)[C@@H](C)c1ccc(S(N)(=O)=O)cc1. The lowest BCUT2D eigenvalue weighted by atomic mass is 10.1. The van der Waals surface area contributed by atoms with Crippen LogP contribution in [0.1, 0.15) is 49.3 Å². The van der Waals surface area contributed by atoms with Gasteiger partial charge in [0.05, 0.1) is 23.1 Å². The molecule has 0 bridgehead atoms. The lowest BCUT2D eigenvalue weighted by Gasteiger charge is -2.25. The summed E-state index contributed by atoms with van der Waals surface area (Å²) >= 11 is 0. The molecule has 1 heterocycles. The van der Waals surface area contributed by atoms with Gasteiger partial charge in [0.2, 0.25) is 15.9 Å². The smallest absolute Gasteiger partial charge is 0.238 e. The Morgan fingerprint density at radius 1 is 1.18 bits per heavy atom. The maximum Gasteiger partial charge on any atom is 0.238 e. The van der Waals surface area contributed by atoms with Crippen molar-refractivity contribution in [2.75, 3.05) is 7.05 Å². The van der Waals surface area contributed by atoms with Crippen molar-refractivity contribution in [3.8, 4) is 0 Å². The van der Waals surface area contributed by atoms with Crippen LogP contribution in [0.15, 0.2) is 29.2 Å². The van der Waals surface area contributed by atoms with Crippen LogP contribution < -0.4 is 5.14 Å². The molecule has 0 aliphatic carbocycles. The van der Waals surface area contributed by atoms with Crippen LogP contribution in [0.25, 0.3) is 0 Å². The molecular weight excluding hydrogens is 376 g/mol. The predicted octanol–water partition coefficient (Wildman–Crippen LogP) is 2.57. The van der Waals surface area contributed by atoms with E-state index in [-0.39, 0.29) is 23.3 Å². The number of carbonyl (C=O) groups is 1. The quantitative estimate of drug-likeness (QED) is 0.764. The van der Waals surface area contributed by atoms with Crippen LogP contribution in [-0.2, 0) is 27.8 Å². The molecule has 1 atom stereocenters. The van der Waals surface area contributed by atoms with Crippen molar-refractivity contribution < 1.29 is 13.2 Å². The number of sulfonamides is 1. The molecular formula is C20H30N4O3S. The van der Waals surface area contributed by atoms with E-state index in [0.29, 0.717) is 5.92 Å². The summed E-state index contributed by atoms with van der Waals surface area (Å²) in [7, 11) is -1.97. The first-order chi connectivity index (χ1) is 12.9. The largest absolute Gasteiger partial charge is 0.339 e. The predicted molar refractivity (Wildman–Crippen MR) is 109 cm³/mol. The first kappa shape index (κ1) is 22.1. The third kappa shape index (κ3) is 4.99. The number of nitrogens with two attached hydrogens (primary N) is 1. The van der Waals surface area contributed by atoms with E-state index in [1.165, 1.54) is 12.1 Å². The highest BCUT2D eigenvalue weighted by molar-refractivity contribution is 7.89. The molecule has 2 aromatic rings. The van der Waals surface area contributed by atoms with Crippen LogP contribution in [0.4, 0.5) is 0 Å². The van der Waals surface area contributed by atoms with E-state index in [2.05, 4.69) is 18.9 Å². The Labute approximate surface area is 167 Å². The van der Waals surface area contributed by atoms with E-state index < -0.39 is 10.0 Å². The van der Waals surface area contributed by atoms with Crippen LogP contribution in [-0.4, -0.2) is 36.1 Å². The molecule has 1 aromatic carbocycles. The van der Waals surface area contributed by atoms with Gasteiger partial charge in [0, 0.05) is 24.8 Å². The topological polar surface area (TPSA) is 98.3 Å². The minimum absolute atomic E-state index is 0.0154. The second-order valence-corrected chi connectivity index (χ2v) is 9.26. The highest BCUT2D eigenvalue weighted by Crippen LogP contribution is 2.23. The summed E-state index contributed by atoms with van der Waals surface area (Å²) in [5, 5.41) is 9.71. The number of hydrogen-bond acceptors (Lipinski definition) is 4. The normalized spacial score (nSPS) is 13.0. The molecule has 2 N–H and O–H groups in total. The first-order valence-corrected chi connectivity index (χ1v) is 10.9. The highest BCUT2D eigenvalue weighted by atomic mass is 32.2. The van der Waals surface area contributed by atoms with Crippen LogP contribution in [0.3, 0.4) is 0 Å². The van der Waals surface area contributed by atoms with Crippen molar-refractivity contribution in [3.05, 3.63) is 46.8 Å². The summed E-state index contributed by atoms with van der Waals surface area (Å²) in [6.07, 6.45) is 0.284. The summed E-state index contributed by atoms with van der Waals surface area (Å²) in [6.45, 7) is 10.9. The van der Waals surface area contributed by atoms with Gasteiger partial charge in [-0.3, -0.25) is 9.48 Å². The molecule has 0 saturated heterocycles. The molecule has 154 valence electrons. The van der Waals surface area contributed by atoms with Gasteiger partial charge in [0.25, 0.3) is 0 Å². The molecule has 1 amide bonds. The molecule has 0 aliphatic heterocycles. The number of benzene rings is 1. The maximum atomic E-state index is 12.9. The average molecular weight is 407 g/mol. The number of aryl methyl sites for hydroxylation is 1. The van der Waals surface area contributed by atoms with Crippen molar-refractivity contribution in [3.63, 3.8) is 0 Å². The third-order valence-corrected chi connectivity index (χ3v) is 5.99. The van der Waals surface area contributed by atoms with Crippen LogP contribution in [0.5, 0.6) is 0 Å². The van der Waals surface area contributed by atoms with Gasteiger partial charge in [0.1, 0.15) is 0 Å². The fraction of sp³-hybridized carbons (Fsp3) is 0.500. The standard InChI is InChI=1S/C20H30N4O3S/c1-13(2)12-24-16(5)19(14(3)22-24)11-20(25)23(6)15(4)17-7-9-18(10-8-17)28(21,26)27/h7-10,13,15H,11-12H2,1-6H3,(H2,21,26,27)/t15-/m0/s1. The van der Waals surface area contributed by atoms with E-state index in [9.17, 15) is 13.2 Å². The molecule has 0 fully saturated rings. The zero-order valence-electron chi connectivity index (χ0n) is 17.4. The van der Waals surface area contributed by atoms with E-state index in [0.717, 1.165) is 29.1 Å². The van der Waals surface area contributed by atoms with Gasteiger partial charge in [0.15, 0.2) is 0 Å². The summed E-state index contributed by atoms with van der Waals surface area (Å²) in [4.78, 5) is 14.6. The lowest BCUT2D eigenvalue weighted by molar-refractivity contribution is -0.131. The maximum absolute atomic E-state index is 12.9. The molecule has 0 spiro atoms. The number of primary sulfonamides is 1. The first-order valence-electron chi connectivity index (χ1n) is 9.33. The second-order valence-electron chi connectivity index (χ2n) is 7.70. The Balaban J connectivity index is 2.15. The molecule has 0 radical (unpaired) electrons. The van der Waals surface area contributed by atoms with Crippen molar-refractivity contribution in [2.24, 2.45) is 11.1 Å². The lowest BCUT2D eigenvalue weighted by Crippen LogP contribution is -2.31. The number of rotatable bonds is 7. The molecule has 28 heavy (non-hydrogen) atoms. The zero-order valence-corrected chi connectivity index (χ0v) is 18.2. The van der Waals surface area contributed by atoms with Crippen molar-refractivity contribution in [1.29, 1.82) is 0 Å². The van der Waals surface area contributed by atoms with Crippen LogP contribution in [0.2, 0.25) is 0 Å². The van der Waals surface area contributed by atoms with E-state index >= 15 is 0 Å². The fourth-order valence-electron chi connectivity index (χ4n) is 3.17. The zero-order chi connectivity index (χ0) is 21.2. The Morgan fingerprint density at radius 3 is 2.25 bits per heavy atom. The summed E-state index contributed by atoms with van der Waals surface area (Å²) in [6, 6.07) is 6.10. The van der Waals surface area contributed by atoms with Crippen molar-refractivity contribution in [1.82, 2.24) is 14.7 Å².